The molecular formula is C3H9N5. The van der Waals surface area contributed by atoms with E-state index in [1.807, 2.05) is 7.05 Å². The SMILES string of the molecule is CN1NNN=C1CN. The van der Waals surface area contributed by atoms with Crippen LogP contribution >= 0.6 is 0 Å². The van der Waals surface area contributed by atoms with E-state index in [0.717, 1.165) is 5.84 Å². The first-order valence-electron chi connectivity index (χ1n) is 2.35. The molecule has 0 fully saturated rings. The number of rotatable bonds is 1. The first kappa shape index (κ1) is 5.33. The Hall–Kier alpha value is -0.810. The van der Waals surface area contributed by atoms with Gasteiger partial charge in [-0.15, -0.1) is 10.6 Å². The van der Waals surface area contributed by atoms with Crippen molar-refractivity contribution in [3.63, 3.8) is 0 Å². The van der Waals surface area contributed by atoms with Gasteiger partial charge in [0, 0.05) is 7.05 Å². The molecule has 0 saturated heterocycles. The molecule has 46 valence electrons. The number of hydrazone groups is 1. The highest BCUT2D eigenvalue weighted by Gasteiger charge is 2.07. The Balaban J connectivity index is 2.49. The molecular weight excluding hydrogens is 106 g/mol. The lowest BCUT2D eigenvalue weighted by Crippen LogP contribution is -2.39. The highest BCUT2D eigenvalue weighted by atomic mass is 15.8. The van der Waals surface area contributed by atoms with Gasteiger partial charge < -0.3 is 5.73 Å². The number of hydrogen-bond acceptors (Lipinski definition) is 5. The molecule has 4 N–H and O–H groups in total. The van der Waals surface area contributed by atoms with Gasteiger partial charge in [-0.1, -0.05) is 0 Å². The minimum atomic E-state index is 0.455. The molecule has 8 heavy (non-hydrogen) atoms. The second-order valence-corrected chi connectivity index (χ2v) is 1.51. The monoisotopic (exact) mass is 115 g/mol. The number of nitrogens with zero attached hydrogens (tertiary/aromatic N) is 2. The Morgan fingerprint density at radius 2 is 2.62 bits per heavy atom. The number of hydrogen-bond donors (Lipinski definition) is 3. The fourth-order valence-corrected chi connectivity index (χ4v) is 0.487. The Morgan fingerprint density at radius 1 is 1.88 bits per heavy atom. The first-order valence-corrected chi connectivity index (χ1v) is 2.35. The molecule has 1 aliphatic rings. The molecule has 5 nitrogen and oxygen atoms in total. The summed E-state index contributed by atoms with van der Waals surface area (Å²) in [4.78, 5) is 0. The van der Waals surface area contributed by atoms with Gasteiger partial charge in [-0.25, -0.2) is 5.53 Å². The van der Waals surface area contributed by atoms with Gasteiger partial charge in [0.1, 0.15) is 0 Å². The Labute approximate surface area is 47.5 Å². The van der Waals surface area contributed by atoms with Crippen molar-refractivity contribution in [2.45, 2.75) is 0 Å². The maximum atomic E-state index is 5.27. The van der Waals surface area contributed by atoms with Crippen molar-refractivity contribution in [2.24, 2.45) is 10.8 Å². The second kappa shape index (κ2) is 1.97. The fraction of sp³-hybridized carbons (Fsp3) is 0.667. The molecule has 0 bridgehead atoms. The van der Waals surface area contributed by atoms with E-state index in [0.29, 0.717) is 6.54 Å². The predicted molar refractivity (Wildman–Crippen MR) is 30.5 cm³/mol. The van der Waals surface area contributed by atoms with Gasteiger partial charge in [-0.2, -0.15) is 0 Å². The van der Waals surface area contributed by atoms with E-state index in [-0.39, 0.29) is 0 Å². The lowest BCUT2D eigenvalue weighted by atomic mass is 10.6. The maximum absolute atomic E-state index is 5.27. The number of hydrazine groups is 2. The van der Waals surface area contributed by atoms with Crippen LogP contribution in [0.4, 0.5) is 0 Å². The van der Waals surface area contributed by atoms with Crippen LogP contribution in [0.25, 0.3) is 0 Å². The first-order chi connectivity index (χ1) is 3.84. The summed E-state index contributed by atoms with van der Waals surface area (Å²) in [6.07, 6.45) is 0. The molecule has 1 aliphatic heterocycles. The molecule has 0 aromatic carbocycles. The normalized spacial score (nSPS) is 18.2. The van der Waals surface area contributed by atoms with Gasteiger partial charge in [0.05, 0.1) is 6.54 Å². The zero-order valence-corrected chi connectivity index (χ0v) is 4.68. The molecule has 5 heteroatoms. The van der Waals surface area contributed by atoms with Crippen LogP contribution in [0.5, 0.6) is 0 Å². The summed E-state index contributed by atoms with van der Waals surface area (Å²) in [6.45, 7) is 0.455. The number of amidine groups is 1. The quantitative estimate of drug-likeness (QED) is 0.378. The molecule has 1 heterocycles. The van der Waals surface area contributed by atoms with Crippen LogP contribution in [-0.2, 0) is 0 Å². The van der Waals surface area contributed by atoms with E-state index in [1.54, 1.807) is 5.01 Å². The molecule has 1 rings (SSSR count). The Kier molecular flexibility index (Phi) is 1.32. The van der Waals surface area contributed by atoms with E-state index in [2.05, 4.69) is 16.2 Å². The molecule has 0 aromatic rings. The van der Waals surface area contributed by atoms with Gasteiger partial charge in [0.15, 0.2) is 5.84 Å². The highest BCUT2D eigenvalue weighted by molar-refractivity contribution is 5.83. The van der Waals surface area contributed by atoms with Gasteiger partial charge in [0.25, 0.3) is 0 Å². The van der Waals surface area contributed by atoms with Gasteiger partial charge >= 0.3 is 0 Å². The molecule has 0 amide bonds. The van der Waals surface area contributed by atoms with Crippen LogP contribution < -0.4 is 16.8 Å². The lowest BCUT2D eigenvalue weighted by molar-refractivity contribution is 0.346. The summed E-state index contributed by atoms with van der Waals surface area (Å²) in [5, 5.41) is 5.51. The standard InChI is InChI=1S/C3H9N5/c1-8-3(2-4)5-6-7-8/h6-7H,2,4H2,1H3. The number of nitrogens with one attached hydrogen (secondary N) is 2. The highest BCUT2D eigenvalue weighted by Crippen LogP contribution is 1.83. The van der Waals surface area contributed by atoms with Crippen molar-refractivity contribution in [3.05, 3.63) is 0 Å². The average molecular weight is 115 g/mol. The molecule has 0 saturated carbocycles. The van der Waals surface area contributed by atoms with E-state index in [4.69, 9.17) is 5.73 Å². The number of likely N-dealkylation sites (N-methyl/N-ethyl adjacent to an activating group) is 1. The topological polar surface area (TPSA) is 65.7 Å². The van der Waals surface area contributed by atoms with Crippen LogP contribution in [0.3, 0.4) is 0 Å². The molecule has 0 aromatic heterocycles. The zero-order chi connectivity index (χ0) is 5.98. The van der Waals surface area contributed by atoms with Crippen molar-refractivity contribution in [1.29, 1.82) is 0 Å². The summed E-state index contributed by atoms with van der Waals surface area (Å²) < 4.78 is 0. The van der Waals surface area contributed by atoms with E-state index in [9.17, 15) is 0 Å². The molecule has 0 spiro atoms. The second-order valence-electron chi connectivity index (χ2n) is 1.51. The Morgan fingerprint density at radius 3 is 2.88 bits per heavy atom. The van der Waals surface area contributed by atoms with Crippen LogP contribution in [0.15, 0.2) is 5.10 Å². The van der Waals surface area contributed by atoms with Crippen molar-refractivity contribution < 1.29 is 0 Å². The van der Waals surface area contributed by atoms with Crippen molar-refractivity contribution in [3.8, 4) is 0 Å². The summed E-state index contributed by atoms with van der Waals surface area (Å²) in [5.41, 5.74) is 10.5. The largest absolute Gasteiger partial charge is 0.324 e. The van der Waals surface area contributed by atoms with Crippen LogP contribution in [-0.4, -0.2) is 24.4 Å². The van der Waals surface area contributed by atoms with E-state index >= 15 is 0 Å². The predicted octanol–water partition coefficient (Wildman–Crippen LogP) is -1.79. The summed E-state index contributed by atoms with van der Waals surface area (Å²) in [6, 6.07) is 0. The van der Waals surface area contributed by atoms with Crippen LogP contribution in [0, 0.1) is 0 Å². The smallest absolute Gasteiger partial charge is 0.155 e. The van der Waals surface area contributed by atoms with Gasteiger partial charge in [-0.3, -0.25) is 5.01 Å². The molecule has 0 unspecified atom stereocenters. The molecule has 0 radical (unpaired) electrons. The van der Waals surface area contributed by atoms with Crippen LogP contribution in [0.1, 0.15) is 0 Å². The number of nitrogens with two attached hydrogens (primary N) is 1. The lowest BCUT2D eigenvalue weighted by Gasteiger charge is -2.08. The molecule has 0 atom stereocenters. The Bertz CT molecular complexity index is 108. The third kappa shape index (κ3) is 0.728. The summed E-state index contributed by atoms with van der Waals surface area (Å²) in [5.74, 6) is 0.810. The minimum Gasteiger partial charge on any atom is -0.324 e. The van der Waals surface area contributed by atoms with E-state index < -0.39 is 0 Å². The average Bonchev–Trinajstić information content (AvgIpc) is 2.14. The van der Waals surface area contributed by atoms with Gasteiger partial charge in [-0.05, 0) is 0 Å². The van der Waals surface area contributed by atoms with Crippen LogP contribution in [0.2, 0.25) is 0 Å². The fourth-order valence-electron chi connectivity index (χ4n) is 0.487. The van der Waals surface area contributed by atoms with Crippen molar-refractivity contribution >= 4 is 5.84 Å². The van der Waals surface area contributed by atoms with Crippen molar-refractivity contribution in [2.75, 3.05) is 13.6 Å². The molecule has 0 aliphatic carbocycles. The summed E-state index contributed by atoms with van der Waals surface area (Å²) >= 11 is 0. The third-order valence-corrected chi connectivity index (χ3v) is 0.972. The van der Waals surface area contributed by atoms with Crippen molar-refractivity contribution in [1.82, 2.24) is 16.1 Å². The summed E-state index contributed by atoms with van der Waals surface area (Å²) in [7, 11) is 1.84. The maximum Gasteiger partial charge on any atom is 0.155 e. The minimum absolute atomic E-state index is 0.455. The van der Waals surface area contributed by atoms with E-state index in [1.165, 1.54) is 0 Å². The van der Waals surface area contributed by atoms with Gasteiger partial charge in [0.2, 0.25) is 0 Å². The third-order valence-electron chi connectivity index (χ3n) is 0.972. The zero-order valence-electron chi connectivity index (χ0n) is 4.68.